The van der Waals surface area contributed by atoms with Gasteiger partial charge in [-0.05, 0) is 38.8 Å². The number of nitrogens with one attached hydrogen (secondary N) is 1. The van der Waals surface area contributed by atoms with Gasteiger partial charge in [0.1, 0.15) is 11.2 Å². The van der Waals surface area contributed by atoms with E-state index in [9.17, 15) is 24.5 Å². The fourth-order valence-corrected chi connectivity index (χ4v) is 5.77. The average Bonchev–Trinajstić information content (AvgIpc) is 3.59. The third-order valence-corrected chi connectivity index (χ3v) is 8.01. The first kappa shape index (κ1) is 25.7. The number of nitro groups is 1. The van der Waals surface area contributed by atoms with Crippen LogP contribution < -0.4 is 10.2 Å². The van der Waals surface area contributed by atoms with Gasteiger partial charge in [-0.15, -0.1) is 0 Å². The molecular formula is C26H33N7O5. The second kappa shape index (κ2) is 10.1. The molecule has 5 rings (SSSR count). The Morgan fingerprint density at radius 1 is 1.13 bits per heavy atom. The molecule has 2 aromatic rings. The van der Waals surface area contributed by atoms with Crippen molar-refractivity contribution < 1.29 is 19.3 Å². The highest BCUT2D eigenvalue weighted by molar-refractivity contribution is 6.02. The smallest absolute Gasteiger partial charge is 0.274 e. The lowest BCUT2D eigenvalue weighted by molar-refractivity contribution is -0.384. The summed E-state index contributed by atoms with van der Waals surface area (Å²) in [4.78, 5) is 55.9. The maximum atomic E-state index is 13.4. The molecule has 202 valence electrons. The highest BCUT2D eigenvalue weighted by atomic mass is 16.6. The Kier molecular flexibility index (Phi) is 6.80. The second-order valence-corrected chi connectivity index (χ2v) is 10.4. The Bertz CT molecular complexity index is 1250. The van der Waals surface area contributed by atoms with Gasteiger partial charge in [-0.3, -0.25) is 29.2 Å². The molecule has 1 aliphatic carbocycles. The minimum absolute atomic E-state index is 0.0367. The normalized spacial score (nSPS) is 21.9. The number of fused-ring (bicyclic) bond motifs is 1. The zero-order valence-electron chi connectivity index (χ0n) is 21.8. The number of hydrogen-bond acceptors (Lipinski definition) is 7. The molecule has 2 fully saturated rings. The topological polar surface area (TPSA) is 134 Å². The third kappa shape index (κ3) is 4.59. The van der Waals surface area contributed by atoms with Crippen LogP contribution in [0, 0.1) is 10.1 Å². The van der Waals surface area contributed by atoms with Gasteiger partial charge >= 0.3 is 0 Å². The maximum absolute atomic E-state index is 13.4. The molecule has 2 aliphatic heterocycles. The number of rotatable bonds is 6. The van der Waals surface area contributed by atoms with Crippen LogP contribution in [-0.2, 0) is 11.3 Å². The predicted octanol–water partition coefficient (Wildman–Crippen LogP) is 2.05. The molecule has 0 spiro atoms. The van der Waals surface area contributed by atoms with E-state index in [-0.39, 0.29) is 41.7 Å². The molecule has 38 heavy (non-hydrogen) atoms. The Morgan fingerprint density at radius 2 is 1.79 bits per heavy atom. The van der Waals surface area contributed by atoms with Crippen LogP contribution in [0.25, 0.3) is 0 Å². The molecule has 0 bridgehead atoms. The number of anilines is 1. The lowest BCUT2D eigenvalue weighted by atomic mass is 9.94. The molecule has 0 radical (unpaired) electrons. The zero-order valence-corrected chi connectivity index (χ0v) is 21.8. The Hall–Kier alpha value is -3.96. The van der Waals surface area contributed by atoms with Crippen LogP contribution in [-0.4, -0.2) is 86.5 Å². The minimum atomic E-state index is -1.09. The van der Waals surface area contributed by atoms with E-state index in [2.05, 4.69) is 15.3 Å². The van der Waals surface area contributed by atoms with Crippen LogP contribution in [0.3, 0.4) is 0 Å². The number of non-ortho nitro benzene ring substituents is 1. The molecule has 1 saturated heterocycles. The van der Waals surface area contributed by atoms with Crippen molar-refractivity contribution in [1.82, 2.24) is 24.9 Å². The van der Waals surface area contributed by atoms with Gasteiger partial charge in [-0.2, -0.15) is 5.10 Å². The van der Waals surface area contributed by atoms with Crippen molar-refractivity contribution in [3.8, 4) is 0 Å². The fourth-order valence-electron chi connectivity index (χ4n) is 5.77. The van der Waals surface area contributed by atoms with Crippen LogP contribution in [0.4, 0.5) is 11.4 Å². The van der Waals surface area contributed by atoms with E-state index in [1.807, 2.05) is 6.92 Å². The van der Waals surface area contributed by atoms with Crippen LogP contribution in [0.15, 0.2) is 30.3 Å². The van der Waals surface area contributed by atoms with E-state index in [1.165, 1.54) is 22.9 Å². The number of aromatic nitrogens is 2. The number of carbonyl (C=O) groups excluding carboxylic acids is 3. The predicted molar refractivity (Wildman–Crippen MR) is 139 cm³/mol. The van der Waals surface area contributed by atoms with Crippen LogP contribution in [0.1, 0.15) is 60.5 Å². The number of carbonyl (C=O) groups is 3. The molecule has 12 heteroatoms. The molecule has 1 atom stereocenters. The lowest BCUT2D eigenvalue weighted by Crippen LogP contribution is -2.64. The summed E-state index contributed by atoms with van der Waals surface area (Å²) in [5, 5.41) is 18.5. The molecule has 0 unspecified atom stereocenters. The van der Waals surface area contributed by atoms with Gasteiger partial charge in [-0.1, -0.05) is 12.8 Å². The summed E-state index contributed by atoms with van der Waals surface area (Å²) >= 11 is 0. The molecule has 12 nitrogen and oxygen atoms in total. The van der Waals surface area contributed by atoms with E-state index in [0.717, 1.165) is 31.4 Å². The Morgan fingerprint density at radius 3 is 2.39 bits per heavy atom. The van der Waals surface area contributed by atoms with Crippen molar-refractivity contribution in [3.05, 3.63) is 51.8 Å². The molecular weight excluding hydrogens is 490 g/mol. The van der Waals surface area contributed by atoms with E-state index in [1.54, 1.807) is 28.9 Å². The maximum Gasteiger partial charge on any atom is 0.274 e. The summed E-state index contributed by atoms with van der Waals surface area (Å²) in [6.07, 6.45) is 4.08. The number of hydrogen-bond donors (Lipinski definition) is 1. The fraction of sp³-hybridized carbons (Fsp3) is 0.538. The van der Waals surface area contributed by atoms with Crippen molar-refractivity contribution >= 4 is 29.1 Å². The van der Waals surface area contributed by atoms with Gasteiger partial charge in [0.15, 0.2) is 5.69 Å². The highest BCUT2D eigenvalue weighted by Crippen LogP contribution is 2.29. The number of nitrogens with zero attached hydrogens (tertiary/aromatic N) is 6. The quantitative estimate of drug-likeness (QED) is 0.452. The summed E-state index contributed by atoms with van der Waals surface area (Å²) < 4.78 is 1.50. The summed E-state index contributed by atoms with van der Waals surface area (Å²) in [5.74, 6) is -0.753. The summed E-state index contributed by atoms with van der Waals surface area (Å²) in [6.45, 7) is 6.21. The molecule has 3 heterocycles. The Labute approximate surface area is 220 Å². The monoisotopic (exact) mass is 523 g/mol. The lowest BCUT2D eigenvalue weighted by Gasteiger charge is -2.43. The number of piperazine rings is 1. The van der Waals surface area contributed by atoms with Crippen molar-refractivity contribution in [2.45, 2.75) is 57.7 Å². The number of nitro benzene ring substituents is 1. The Balaban J connectivity index is 1.28. The van der Waals surface area contributed by atoms with Gasteiger partial charge in [0, 0.05) is 62.7 Å². The standard InChI is InChI=1S/C26H33N7O5/c1-3-31-24(35)22-16-21(28-32(22)17-26(31,2)25(36)27-18-6-4-5-7-18)23(34)30-14-12-29(13-15-30)19-8-10-20(11-9-19)33(37)38/h8-11,16,18H,3-7,12-15,17H2,1-2H3,(H,27,36)/t26-/m0/s1. The first-order valence-electron chi connectivity index (χ1n) is 13.2. The molecule has 1 aromatic carbocycles. The second-order valence-electron chi connectivity index (χ2n) is 10.4. The van der Waals surface area contributed by atoms with Crippen molar-refractivity contribution in [2.75, 3.05) is 37.6 Å². The number of amides is 3. The molecule has 1 aromatic heterocycles. The summed E-state index contributed by atoms with van der Waals surface area (Å²) in [6, 6.07) is 8.04. The average molecular weight is 524 g/mol. The molecule has 1 N–H and O–H groups in total. The SMILES string of the molecule is CCN1C(=O)c2cc(C(=O)N3CCN(c4ccc([N+](=O)[O-])cc4)CC3)nn2C[C@@]1(C)C(=O)NC1CCCC1. The van der Waals surface area contributed by atoms with E-state index in [0.29, 0.717) is 38.4 Å². The van der Waals surface area contributed by atoms with Gasteiger partial charge in [0.25, 0.3) is 17.5 Å². The number of benzene rings is 1. The van der Waals surface area contributed by atoms with Crippen molar-refractivity contribution in [2.24, 2.45) is 0 Å². The summed E-state index contributed by atoms with van der Waals surface area (Å²) in [5.41, 5.74) is 0.305. The van der Waals surface area contributed by atoms with Crippen molar-refractivity contribution in [3.63, 3.8) is 0 Å². The largest absolute Gasteiger partial charge is 0.368 e. The first-order valence-corrected chi connectivity index (χ1v) is 13.2. The molecule has 3 aliphatic rings. The zero-order chi connectivity index (χ0) is 27.0. The van der Waals surface area contributed by atoms with Crippen LogP contribution in [0.5, 0.6) is 0 Å². The third-order valence-electron chi connectivity index (χ3n) is 8.01. The van der Waals surface area contributed by atoms with Gasteiger partial charge < -0.3 is 20.0 Å². The minimum Gasteiger partial charge on any atom is -0.368 e. The summed E-state index contributed by atoms with van der Waals surface area (Å²) in [7, 11) is 0. The van der Waals surface area contributed by atoms with Crippen molar-refractivity contribution in [1.29, 1.82) is 0 Å². The van der Waals surface area contributed by atoms with E-state index in [4.69, 9.17) is 0 Å². The molecule has 1 saturated carbocycles. The van der Waals surface area contributed by atoms with Gasteiger partial charge in [0.05, 0.1) is 11.5 Å². The van der Waals surface area contributed by atoms with Crippen LogP contribution in [0.2, 0.25) is 0 Å². The first-order chi connectivity index (χ1) is 18.2. The van der Waals surface area contributed by atoms with Gasteiger partial charge in [-0.25, -0.2) is 0 Å². The van der Waals surface area contributed by atoms with E-state index < -0.39 is 10.5 Å². The highest BCUT2D eigenvalue weighted by Gasteiger charge is 2.48. The molecule has 3 amide bonds. The number of likely N-dealkylation sites (N-methyl/N-ethyl adjacent to an activating group) is 1. The van der Waals surface area contributed by atoms with Crippen LogP contribution >= 0.6 is 0 Å². The van der Waals surface area contributed by atoms with E-state index >= 15 is 0 Å². The van der Waals surface area contributed by atoms with Gasteiger partial charge in [0.2, 0.25) is 5.91 Å².